The standard InChI is InChI=1S/C18H23N5O/c1-22(12-15-4-2-6-19-10-15)14-18(24)23-9-3-5-16(13-23)17-11-20-7-8-21-17/h2,4,6-8,10-11,16H,3,5,9,12-14H2,1H3/t16-/m0/s1. The van der Waals surface area contributed by atoms with Crippen LogP contribution in [0.2, 0.25) is 0 Å². The van der Waals surface area contributed by atoms with Crippen LogP contribution in [0.4, 0.5) is 0 Å². The Bertz CT molecular complexity index is 649. The number of piperidine rings is 1. The molecule has 1 aliphatic heterocycles. The van der Waals surface area contributed by atoms with E-state index < -0.39 is 0 Å². The highest BCUT2D eigenvalue weighted by atomic mass is 16.2. The van der Waals surface area contributed by atoms with Crippen LogP contribution in [0.3, 0.4) is 0 Å². The van der Waals surface area contributed by atoms with Crippen molar-refractivity contribution in [3.63, 3.8) is 0 Å². The van der Waals surface area contributed by atoms with E-state index in [1.165, 1.54) is 0 Å². The summed E-state index contributed by atoms with van der Waals surface area (Å²) in [6.07, 6.45) is 10.9. The predicted molar refractivity (Wildman–Crippen MR) is 91.2 cm³/mol. The Kier molecular flexibility index (Phi) is 5.48. The second kappa shape index (κ2) is 7.97. The Morgan fingerprint density at radius 3 is 2.92 bits per heavy atom. The Labute approximate surface area is 142 Å². The smallest absolute Gasteiger partial charge is 0.236 e. The molecule has 126 valence electrons. The van der Waals surface area contributed by atoms with Gasteiger partial charge in [-0.2, -0.15) is 0 Å². The molecule has 0 bridgehead atoms. The van der Waals surface area contributed by atoms with Gasteiger partial charge < -0.3 is 4.90 Å². The van der Waals surface area contributed by atoms with E-state index >= 15 is 0 Å². The highest BCUT2D eigenvalue weighted by molar-refractivity contribution is 5.78. The van der Waals surface area contributed by atoms with Crippen molar-refractivity contribution in [1.29, 1.82) is 0 Å². The average Bonchev–Trinajstić information content (AvgIpc) is 2.63. The van der Waals surface area contributed by atoms with Crippen LogP contribution >= 0.6 is 0 Å². The van der Waals surface area contributed by atoms with Crippen LogP contribution in [0, 0.1) is 0 Å². The lowest BCUT2D eigenvalue weighted by molar-refractivity contribution is -0.133. The first-order chi connectivity index (χ1) is 11.7. The molecule has 1 atom stereocenters. The topological polar surface area (TPSA) is 62.2 Å². The van der Waals surface area contributed by atoms with Gasteiger partial charge in [0, 0.05) is 56.5 Å². The molecule has 0 aliphatic carbocycles. The van der Waals surface area contributed by atoms with Crippen LogP contribution in [0.1, 0.15) is 30.0 Å². The van der Waals surface area contributed by atoms with E-state index in [9.17, 15) is 4.79 Å². The van der Waals surface area contributed by atoms with E-state index in [4.69, 9.17) is 0 Å². The van der Waals surface area contributed by atoms with Crippen LogP contribution in [0.25, 0.3) is 0 Å². The van der Waals surface area contributed by atoms with Gasteiger partial charge >= 0.3 is 0 Å². The number of rotatable bonds is 5. The van der Waals surface area contributed by atoms with E-state index in [2.05, 4.69) is 15.0 Å². The second-order valence-electron chi connectivity index (χ2n) is 6.34. The fourth-order valence-electron chi connectivity index (χ4n) is 3.16. The van der Waals surface area contributed by atoms with Gasteiger partial charge in [0.15, 0.2) is 0 Å². The van der Waals surface area contributed by atoms with Gasteiger partial charge in [0.1, 0.15) is 0 Å². The summed E-state index contributed by atoms with van der Waals surface area (Å²) >= 11 is 0. The first kappa shape index (κ1) is 16.5. The number of aromatic nitrogens is 3. The maximum absolute atomic E-state index is 12.6. The Hall–Kier alpha value is -2.34. The Morgan fingerprint density at radius 2 is 2.17 bits per heavy atom. The van der Waals surface area contributed by atoms with Crippen molar-refractivity contribution < 1.29 is 4.79 Å². The summed E-state index contributed by atoms with van der Waals surface area (Å²) in [4.78, 5) is 29.3. The largest absolute Gasteiger partial charge is 0.341 e. The van der Waals surface area contributed by atoms with Gasteiger partial charge in [0.05, 0.1) is 12.2 Å². The molecular formula is C18H23N5O. The van der Waals surface area contributed by atoms with E-state index in [0.29, 0.717) is 12.5 Å². The van der Waals surface area contributed by atoms with Crippen molar-refractivity contribution in [2.75, 3.05) is 26.7 Å². The van der Waals surface area contributed by atoms with Gasteiger partial charge in [-0.25, -0.2) is 0 Å². The molecule has 24 heavy (non-hydrogen) atoms. The number of nitrogens with zero attached hydrogens (tertiary/aromatic N) is 5. The third kappa shape index (κ3) is 4.35. The summed E-state index contributed by atoms with van der Waals surface area (Å²) in [5, 5.41) is 0. The zero-order chi connectivity index (χ0) is 16.8. The summed E-state index contributed by atoms with van der Waals surface area (Å²) in [6.45, 7) is 2.71. The quantitative estimate of drug-likeness (QED) is 0.837. The maximum atomic E-state index is 12.6. The SMILES string of the molecule is CN(CC(=O)N1CCC[C@H](c2cnccn2)C1)Cc1cccnc1. The molecule has 0 spiro atoms. The fraction of sp³-hybridized carbons (Fsp3) is 0.444. The molecule has 0 saturated carbocycles. The molecule has 3 rings (SSSR count). The summed E-state index contributed by atoms with van der Waals surface area (Å²) < 4.78 is 0. The minimum absolute atomic E-state index is 0.176. The van der Waals surface area contributed by atoms with Gasteiger partial charge in [0.2, 0.25) is 5.91 Å². The molecule has 0 aromatic carbocycles. The van der Waals surface area contributed by atoms with Crippen molar-refractivity contribution in [1.82, 2.24) is 24.8 Å². The van der Waals surface area contributed by atoms with E-state index in [1.807, 2.05) is 41.4 Å². The molecule has 1 fully saturated rings. The summed E-state index contributed by atoms with van der Waals surface area (Å²) in [6, 6.07) is 3.94. The predicted octanol–water partition coefficient (Wildman–Crippen LogP) is 1.71. The van der Waals surface area contributed by atoms with E-state index in [0.717, 1.165) is 43.7 Å². The number of likely N-dealkylation sites (N-methyl/N-ethyl adjacent to an activating group) is 1. The van der Waals surface area contributed by atoms with Crippen molar-refractivity contribution in [2.24, 2.45) is 0 Å². The molecule has 1 aliphatic rings. The number of carbonyl (C=O) groups excluding carboxylic acids is 1. The van der Waals surface area contributed by atoms with Gasteiger partial charge in [-0.05, 0) is 31.5 Å². The van der Waals surface area contributed by atoms with Crippen LogP contribution in [-0.4, -0.2) is 57.3 Å². The molecule has 0 N–H and O–H groups in total. The van der Waals surface area contributed by atoms with Crippen LogP contribution in [0.5, 0.6) is 0 Å². The van der Waals surface area contributed by atoms with Crippen molar-refractivity contribution in [2.45, 2.75) is 25.3 Å². The summed E-state index contributed by atoms with van der Waals surface area (Å²) in [5.74, 6) is 0.468. The average molecular weight is 325 g/mol. The first-order valence-corrected chi connectivity index (χ1v) is 8.33. The zero-order valence-corrected chi connectivity index (χ0v) is 14.0. The van der Waals surface area contributed by atoms with Crippen molar-refractivity contribution in [3.05, 3.63) is 54.4 Å². The lowest BCUT2D eigenvalue weighted by Gasteiger charge is -2.33. The number of amides is 1. The second-order valence-corrected chi connectivity index (χ2v) is 6.34. The summed E-state index contributed by atoms with van der Waals surface area (Å²) in [5.41, 5.74) is 2.10. The fourth-order valence-corrected chi connectivity index (χ4v) is 3.16. The van der Waals surface area contributed by atoms with E-state index in [1.54, 1.807) is 18.6 Å². The zero-order valence-electron chi connectivity index (χ0n) is 14.0. The van der Waals surface area contributed by atoms with Crippen LogP contribution in [-0.2, 0) is 11.3 Å². The number of hydrogen-bond donors (Lipinski definition) is 0. The number of hydrogen-bond acceptors (Lipinski definition) is 5. The molecule has 0 radical (unpaired) electrons. The van der Waals surface area contributed by atoms with E-state index in [-0.39, 0.29) is 5.91 Å². The highest BCUT2D eigenvalue weighted by Gasteiger charge is 2.26. The monoisotopic (exact) mass is 325 g/mol. The molecule has 2 aromatic rings. The van der Waals surface area contributed by atoms with Gasteiger partial charge in [-0.3, -0.25) is 24.6 Å². The Balaban J connectivity index is 1.54. The summed E-state index contributed by atoms with van der Waals surface area (Å²) in [7, 11) is 1.97. The molecule has 6 heteroatoms. The molecule has 1 saturated heterocycles. The third-order valence-electron chi connectivity index (χ3n) is 4.36. The molecule has 3 heterocycles. The Morgan fingerprint density at radius 1 is 1.29 bits per heavy atom. The number of likely N-dealkylation sites (tertiary alicyclic amines) is 1. The molecule has 1 amide bonds. The lowest BCUT2D eigenvalue weighted by Crippen LogP contribution is -2.43. The number of carbonyl (C=O) groups is 1. The maximum Gasteiger partial charge on any atom is 0.236 e. The molecular weight excluding hydrogens is 302 g/mol. The van der Waals surface area contributed by atoms with Crippen molar-refractivity contribution in [3.8, 4) is 0 Å². The van der Waals surface area contributed by atoms with Gasteiger partial charge in [0.25, 0.3) is 0 Å². The minimum Gasteiger partial charge on any atom is -0.341 e. The highest BCUT2D eigenvalue weighted by Crippen LogP contribution is 2.24. The molecule has 2 aromatic heterocycles. The van der Waals surface area contributed by atoms with Crippen molar-refractivity contribution >= 4 is 5.91 Å². The van der Waals surface area contributed by atoms with Gasteiger partial charge in [-0.1, -0.05) is 6.07 Å². The normalized spacial score (nSPS) is 17.9. The van der Waals surface area contributed by atoms with Gasteiger partial charge in [-0.15, -0.1) is 0 Å². The lowest BCUT2D eigenvalue weighted by atomic mass is 9.95. The molecule has 6 nitrogen and oxygen atoms in total. The minimum atomic E-state index is 0.176. The number of pyridine rings is 1. The van der Waals surface area contributed by atoms with Crippen LogP contribution in [0.15, 0.2) is 43.1 Å². The third-order valence-corrected chi connectivity index (χ3v) is 4.36. The first-order valence-electron chi connectivity index (χ1n) is 8.33. The van der Waals surface area contributed by atoms with Crippen LogP contribution < -0.4 is 0 Å². The molecule has 0 unspecified atom stereocenters.